The maximum Gasteiger partial charge on any atom is 0.416 e. The van der Waals surface area contributed by atoms with Crippen LogP contribution in [0.2, 0.25) is 0 Å². The fourth-order valence-electron chi connectivity index (χ4n) is 2.23. The van der Waals surface area contributed by atoms with Gasteiger partial charge in [-0.25, -0.2) is 4.79 Å². The summed E-state index contributed by atoms with van der Waals surface area (Å²) >= 11 is 0. The molecule has 0 aliphatic rings. The van der Waals surface area contributed by atoms with Crippen molar-refractivity contribution in [2.75, 3.05) is 14.2 Å². The second kappa shape index (κ2) is 6.20. The number of carbonyl (C=O) groups is 1. The molecule has 0 radical (unpaired) electrons. The van der Waals surface area contributed by atoms with Crippen molar-refractivity contribution in [3.05, 3.63) is 47.5 Å². The summed E-state index contributed by atoms with van der Waals surface area (Å²) < 4.78 is 49.0. The first-order chi connectivity index (χ1) is 10.8. The third-order valence-corrected chi connectivity index (χ3v) is 3.27. The van der Waals surface area contributed by atoms with E-state index >= 15 is 0 Å². The average Bonchev–Trinajstić information content (AvgIpc) is 2.52. The molecule has 0 saturated carbocycles. The molecule has 0 heterocycles. The Hall–Kier alpha value is -2.70. The number of aromatic carboxylic acids is 1. The highest BCUT2D eigenvalue weighted by atomic mass is 19.4. The fraction of sp³-hybridized carbons (Fsp3) is 0.188. The zero-order valence-electron chi connectivity index (χ0n) is 12.3. The Kier molecular flexibility index (Phi) is 4.49. The van der Waals surface area contributed by atoms with E-state index in [1.54, 1.807) is 0 Å². The van der Waals surface area contributed by atoms with Crippen molar-refractivity contribution in [1.82, 2.24) is 0 Å². The number of hydrogen-bond acceptors (Lipinski definition) is 3. The highest BCUT2D eigenvalue weighted by Gasteiger charge is 2.32. The van der Waals surface area contributed by atoms with Crippen molar-refractivity contribution >= 4 is 5.97 Å². The minimum Gasteiger partial charge on any atom is -0.496 e. The standard InChI is InChI=1S/C16H13F3O4/c1-22-13-7-6-9(16(17,18)19)8-12(13)10-4-3-5-11(15(20)21)14(10)23-2/h3-8H,1-2H3,(H,20,21). The summed E-state index contributed by atoms with van der Waals surface area (Å²) in [5.74, 6) is -1.09. The van der Waals surface area contributed by atoms with Crippen molar-refractivity contribution in [3.63, 3.8) is 0 Å². The number of rotatable bonds is 4. The van der Waals surface area contributed by atoms with Crippen molar-refractivity contribution in [3.8, 4) is 22.6 Å². The van der Waals surface area contributed by atoms with E-state index in [2.05, 4.69) is 0 Å². The Balaban J connectivity index is 2.75. The molecule has 0 bridgehead atoms. The first-order valence-electron chi connectivity index (χ1n) is 6.45. The lowest BCUT2D eigenvalue weighted by Gasteiger charge is -2.16. The van der Waals surface area contributed by atoms with Crippen LogP contribution in [-0.2, 0) is 6.18 Å². The Morgan fingerprint density at radius 2 is 1.74 bits per heavy atom. The Morgan fingerprint density at radius 3 is 2.26 bits per heavy atom. The van der Waals surface area contributed by atoms with Crippen LogP contribution in [0.4, 0.5) is 13.2 Å². The van der Waals surface area contributed by atoms with Crippen molar-refractivity contribution in [2.45, 2.75) is 6.18 Å². The van der Waals surface area contributed by atoms with Gasteiger partial charge in [-0.3, -0.25) is 0 Å². The van der Waals surface area contributed by atoms with E-state index in [-0.39, 0.29) is 28.2 Å². The molecule has 122 valence electrons. The van der Waals surface area contributed by atoms with E-state index in [1.807, 2.05) is 0 Å². The predicted octanol–water partition coefficient (Wildman–Crippen LogP) is 4.09. The number of alkyl halides is 3. The number of hydrogen-bond donors (Lipinski definition) is 1. The van der Waals surface area contributed by atoms with Crippen LogP contribution in [0.15, 0.2) is 36.4 Å². The molecule has 4 nitrogen and oxygen atoms in total. The third-order valence-electron chi connectivity index (χ3n) is 3.27. The predicted molar refractivity (Wildman–Crippen MR) is 76.9 cm³/mol. The molecule has 0 aromatic heterocycles. The topological polar surface area (TPSA) is 55.8 Å². The normalized spacial score (nSPS) is 11.2. The van der Waals surface area contributed by atoms with Crippen LogP contribution in [-0.4, -0.2) is 25.3 Å². The average molecular weight is 326 g/mol. The highest BCUT2D eigenvalue weighted by molar-refractivity contribution is 5.95. The summed E-state index contributed by atoms with van der Waals surface area (Å²) in [5.41, 5.74) is -0.710. The number of methoxy groups -OCH3 is 2. The summed E-state index contributed by atoms with van der Waals surface area (Å²) in [5, 5.41) is 9.19. The molecule has 0 spiro atoms. The second-order valence-electron chi connectivity index (χ2n) is 4.60. The van der Waals surface area contributed by atoms with E-state index in [9.17, 15) is 23.1 Å². The highest BCUT2D eigenvalue weighted by Crippen LogP contribution is 2.41. The van der Waals surface area contributed by atoms with E-state index in [0.29, 0.717) is 0 Å². The molecule has 0 aliphatic heterocycles. The monoisotopic (exact) mass is 326 g/mol. The molecule has 0 unspecified atom stereocenters. The lowest BCUT2D eigenvalue weighted by atomic mass is 9.98. The molecule has 0 fully saturated rings. The molecule has 2 aromatic rings. The number of carboxylic acids is 1. The number of carboxylic acid groups (broad SMARTS) is 1. The van der Waals surface area contributed by atoms with Gasteiger partial charge in [0.05, 0.1) is 19.8 Å². The molecule has 23 heavy (non-hydrogen) atoms. The van der Waals surface area contributed by atoms with Gasteiger partial charge in [0.25, 0.3) is 0 Å². The van der Waals surface area contributed by atoms with Gasteiger partial charge >= 0.3 is 12.1 Å². The molecular formula is C16H13F3O4. The van der Waals surface area contributed by atoms with E-state index in [0.717, 1.165) is 12.1 Å². The number of benzene rings is 2. The van der Waals surface area contributed by atoms with Crippen LogP contribution in [0.1, 0.15) is 15.9 Å². The minimum absolute atomic E-state index is 0.0300. The third kappa shape index (κ3) is 3.23. The molecule has 7 heteroatoms. The van der Waals surface area contributed by atoms with Gasteiger partial charge < -0.3 is 14.6 Å². The lowest BCUT2D eigenvalue weighted by Crippen LogP contribution is -2.06. The SMILES string of the molecule is COc1ccc(C(F)(F)F)cc1-c1cccc(C(=O)O)c1OC. The van der Waals surface area contributed by atoms with Crippen molar-refractivity contribution in [1.29, 1.82) is 0 Å². The van der Waals surface area contributed by atoms with E-state index in [4.69, 9.17) is 9.47 Å². The van der Waals surface area contributed by atoms with Crippen LogP contribution >= 0.6 is 0 Å². The smallest absolute Gasteiger partial charge is 0.416 e. The summed E-state index contributed by atoms with van der Waals surface area (Å²) in [4.78, 5) is 11.3. The van der Waals surface area contributed by atoms with Crippen molar-refractivity contribution < 1.29 is 32.5 Å². The molecule has 0 saturated heterocycles. The summed E-state index contributed by atoms with van der Waals surface area (Å²) in [6.07, 6.45) is -4.53. The summed E-state index contributed by atoms with van der Waals surface area (Å²) in [7, 11) is 2.57. The van der Waals surface area contributed by atoms with Gasteiger partial charge in [0.15, 0.2) is 0 Å². The Labute approximate surface area is 130 Å². The van der Waals surface area contributed by atoms with Gasteiger partial charge in [-0.15, -0.1) is 0 Å². The second-order valence-corrected chi connectivity index (χ2v) is 4.60. The van der Waals surface area contributed by atoms with Gasteiger partial charge in [0, 0.05) is 11.1 Å². The number of ether oxygens (including phenoxy) is 2. The number of para-hydroxylation sites is 1. The molecule has 2 aromatic carbocycles. The zero-order chi connectivity index (χ0) is 17.2. The first kappa shape index (κ1) is 16.7. The van der Waals surface area contributed by atoms with Crippen LogP contribution in [0.25, 0.3) is 11.1 Å². The van der Waals surface area contributed by atoms with E-state index < -0.39 is 17.7 Å². The van der Waals surface area contributed by atoms with Crippen LogP contribution in [0.3, 0.4) is 0 Å². The van der Waals surface area contributed by atoms with Gasteiger partial charge in [0.2, 0.25) is 0 Å². The van der Waals surface area contributed by atoms with Crippen LogP contribution in [0, 0.1) is 0 Å². The maximum absolute atomic E-state index is 12.9. The number of halogens is 3. The summed E-state index contributed by atoms with van der Waals surface area (Å²) in [6, 6.07) is 7.21. The Bertz CT molecular complexity index is 739. The van der Waals surface area contributed by atoms with Crippen LogP contribution in [0.5, 0.6) is 11.5 Å². The van der Waals surface area contributed by atoms with Gasteiger partial charge in [-0.1, -0.05) is 12.1 Å². The van der Waals surface area contributed by atoms with Crippen LogP contribution < -0.4 is 9.47 Å². The quantitative estimate of drug-likeness (QED) is 0.919. The Morgan fingerprint density at radius 1 is 1.04 bits per heavy atom. The minimum atomic E-state index is -4.53. The molecule has 0 amide bonds. The lowest BCUT2D eigenvalue weighted by molar-refractivity contribution is -0.137. The summed E-state index contributed by atoms with van der Waals surface area (Å²) in [6.45, 7) is 0. The first-order valence-corrected chi connectivity index (χ1v) is 6.45. The maximum atomic E-state index is 12.9. The van der Waals surface area contributed by atoms with Gasteiger partial charge in [-0.05, 0) is 24.3 Å². The molecule has 1 N–H and O–H groups in total. The fourth-order valence-corrected chi connectivity index (χ4v) is 2.23. The molecule has 0 aliphatic carbocycles. The largest absolute Gasteiger partial charge is 0.496 e. The van der Waals surface area contributed by atoms with Gasteiger partial charge in [-0.2, -0.15) is 13.2 Å². The van der Waals surface area contributed by atoms with E-state index in [1.165, 1.54) is 38.5 Å². The molecular weight excluding hydrogens is 313 g/mol. The molecule has 0 atom stereocenters. The van der Waals surface area contributed by atoms with Crippen molar-refractivity contribution in [2.24, 2.45) is 0 Å². The van der Waals surface area contributed by atoms with Gasteiger partial charge in [0.1, 0.15) is 17.1 Å². The molecule has 2 rings (SSSR count). The zero-order valence-corrected chi connectivity index (χ0v) is 12.3.